The number of anilines is 1. The van der Waals surface area contributed by atoms with Crippen LogP contribution < -0.4 is 5.32 Å². The summed E-state index contributed by atoms with van der Waals surface area (Å²) in [7, 11) is 0. The van der Waals surface area contributed by atoms with E-state index in [0.29, 0.717) is 5.56 Å². The predicted octanol–water partition coefficient (Wildman–Crippen LogP) is 3.45. The molecule has 0 aromatic heterocycles. The fourth-order valence-electron chi connectivity index (χ4n) is 2.89. The highest BCUT2D eigenvalue weighted by atomic mass is 16.5. The van der Waals surface area contributed by atoms with Crippen LogP contribution >= 0.6 is 0 Å². The van der Waals surface area contributed by atoms with Crippen molar-refractivity contribution < 1.29 is 14.6 Å². The molecule has 20 heavy (non-hydrogen) atoms. The Morgan fingerprint density at radius 2 is 2.00 bits per heavy atom. The van der Waals surface area contributed by atoms with Crippen molar-refractivity contribution in [2.24, 2.45) is 0 Å². The average molecular weight is 277 g/mol. The normalized spacial score (nSPS) is 23.6. The third-order valence-corrected chi connectivity index (χ3v) is 3.89. The fraction of sp³-hybridized carbons (Fsp3) is 0.562. The van der Waals surface area contributed by atoms with E-state index < -0.39 is 5.97 Å². The first kappa shape index (κ1) is 14.9. The van der Waals surface area contributed by atoms with Gasteiger partial charge in [0.1, 0.15) is 0 Å². The smallest absolute Gasteiger partial charge is 0.335 e. The summed E-state index contributed by atoms with van der Waals surface area (Å²) >= 11 is 0. The molecule has 1 heterocycles. The zero-order valence-electron chi connectivity index (χ0n) is 12.8. The van der Waals surface area contributed by atoms with E-state index in [1.807, 2.05) is 13.0 Å². The molecule has 1 aromatic carbocycles. The van der Waals surface area contributed by atoms with E-state index in [1.54, 1.807) is 12.1 Å². The molecule has 0 amide bonds. The number of ether oxygens (including phenoxy) is 1. The van der Waals surface area contributed by atoms with Crippen molar-refractivity contribution in [1.29, 1.82) is 0 Å². The Morgan fingerprint density at radius 3 is 2.50 bits per heavy atom. The highest BCUT2D eigenvalue weighted by Crippen LogP contribution is 2.39. The van der Waals surface area contributed by atoms with Crippen LogP contribution in [0.4, 0.5) is 5.69 Å². The number of aromatic carboxylic acids is 1. The van der Waals surface area contributed by atoms with Gasteiger partial charge >= 0.3 is 5.97 Å². The van der Waals surface area contributed by atoms with Gasteiger partial charge < -0.3 is 15.2 Å². The molecule has 1 saturated heterocycles. The molecule has 1 aromatic rings. The largest absolute Gasteiger partial charge is 0.478 e. The molecule has 0 saturated carbocycles. The Balaban J connectivity index is 2.26. The highest BCUT2D eigenvalue weighted by molar-refractivity contribution is 5.89. The van der Waals surface area contributed by atoms with Gasteiger partial charge in [-0.1, -0.05) is 6.07 Å². The maximum atomic E-state index is 11.1. The van der Waals surface area contributed by atoms with E-state index in [4.69, 9.17) is 9.84 Å². The van der Waals surface area contributed by atoms with Crippen LogP contribution in [0.25, 0.3) is 0 Å². The zero-order chi connectivity index (χ0) is 15.1. The summed E-state index contributed by atoms with van der Waals surface area (Å²) in [4.78, 5) is 11.1. The number of rotatable bonds is 3. The molecule has 2 N–H and O–H groups in total. The Hall–Kier alpha value is -1.55. The van der Waals surface area contributed by atoms with E-state index in [1.165, 1.54) is 0 Å². The molecule has 0 radical (unpaired) electrons. The molecule has 1 aliphatic rings. The van der Waals surface area contributed by atoms with Gasteiger partial charge in [0, 0.05) is 5.69 Å². The van der Waals surface area contributed by atoms with E-state index in [2.05, 4.69) is 33.0 Å². The number of benzene rings is 1. The Labute approximate surface area is 120 Å². The lowest BCUT2D eigenvalue weighted by molar-refractivity contribution is -0.0662. The average Bonchev–Trinajstić information content (AvgIpc) is 2.49. The van der Waals surface area contributed by atoms with Gasteiger partial charge in [-0.3, -0.25) is 0 Å². The minimum atomic E-state index is -0.907. The van der Waals surface area contributed by atoms with Crippen molar-refractivity contribution in [2.45, 2.75) is 58.3 Å². The minimum Gasteiger partial charge on any atom is -0.478 e. The summed E-state index contributed by atoms with van der Waals surface area (Å²) in [5.74, 6) is -0.907. The first-order chi connectivity index (χ1) is 9.11. The lowest BCUT2D eigenvalue weighted by atomic mass is 9.94. The van der Waals surface area contributed by atoms with Crippen LogP contribution in [0.15, 0.2) is 18.2 Å². The molecule has 4 heteroatoms. The van der Waals surface area contributed by atoms with Crippen molar-refractivity contribution in [2.75, 3.05) is 5.32 Å². The van der Waals surface area contributed by atoms with Crippen LogP contribution in [-0.2, 0) is 4.74 Å². The maximum Gasteiger partial charge on any atom is 0.335 e. The Kier molecular flexibility index (Phi) is 3.54. The number of hydrogen-bond acceptors (Lipinski definition) is 3. The summed E-state index contributed by atoms with van der Waals surface area (Å²) in [5, 5.41) is 12.6. The molecule has 1 fully saturated rings. The molecule has 0 spiro atoms. The van der Waals surface area contributed by atoms with Crippen LogP contribution in [0.1, 0.15) is 50.0 Å². The molecule has 1 unspecified atom stereocenters. The number of nitrogens with one attached hydrogen (secondary N) is 1. The van der Waals surface area contributed by atoms with E-state index >= 15 is 0 Å². The van der Waals surface area contributed by atoms with Gasteiger partial charge in [-0.25, -0.2) is 4.79 Å². The Bertz CT molecular complexity index is 535. The van der Waals surface area contributed by atoms with Crippen LogP contribution in [0.5, 0.6) is 0 Å². The van der Waals surface area contributed by atoms with Crippen molar-refractivity contribution >= 4 is 11.7 Å². The molecule has 110 valence electrons. The van der Waals surface area contributed by atoms with Crippen molar-refractivity contribution in [3.63, 3.8) is 0 Å². The molecule has 0 aliphatic carbocycles. The Morgan fingerprint density at radius 1 is 1.35 bits per heavy atom. The molecule has 2 rings (SSSR count). The fourth-order valence-corrected chi connectivity index (χ4v) is 2.89. The molecule has 1 atom stereocenters. The third-order valence-electron chi connectivity index (χ3n) is 3.89. The lowest BCUT2D eigenvalue weighted by Gasteiger charge is -2.29. The third kappa shape index (κ3) is 2.96. The van der Waals surface area contributed by atoms with E-state index in [-0.39, 0.29) is 17.2 Å². The summed E-state index contributed by atoms with van der Waals surface area (Å²) in [6.07, 6.45) is 0.886. The first-order valence-electron chi connectivity index (χ1n) is 6.91. The van der Waals surface area contributed by atoms with Gasteiger partial charge in [0.2, 0.25) is 0 Å². The summed E-state index contributed by atoms with van der Waals surface area (Å²) in [6.45, 7) is 10.3. The predicted molar refractivity (Wildman–Crippen MR) is 79.4 cm³/mol. The highest BCUT2D eigenvalue weighted by Gasteiger charge is 2.45. The second-order valence-electron chi connectivity index (χ2n) is 6.70. The zero-order valence-corrected chi connectivity index (χ0v) is 12.8. The van der Waals surface area contributed by atoms with Crippen molar-refractivity contribution in [3.8, 4) is 0 Å². The molecular formula is C16H23NO3. The van der Waals surface area contributed by atoms with E-state index in [9.17, 15) is 4.79 Å². The van der Waals surface area contributed by atoms with Gasteiger partial charge in [0.15, 0.2) is 0 Å². The van der Waals surface area contributed by atoms with Gasteiger partial charge in [-0.15, -0.1) is 0 Å². The monoisotopic (exact) mass is 277 g/mol. The second-order valence-corrected chi connectivity index (χ2v) is 6.70. The quantitative estimate of drug-likeness (QED) is 0.888. The number of hydrogen-bond donors (Lipinski definition) is 2. The van der Waals surface area contributed by atoms with Crippen molar-refractivity contribution in [3.05, 3.63) is 29.3 Å². The van der Waals surface area contributed by atoms with Crippen LogP contribution in [0.3, 0.4) is 0 Å². The standard InChI is InChI=1S/C16H23NO3/c1-10-6-7-11(14(18)19)8-12(10)17-13-9-15(2,3)20-16(13,4)5/h6-8,13,17H,9H2,1-5H3,(H,18,19). The number of carbonyl (C=O) groups is 1. The van der Waals surface area contributed by atoms with E-state index in [0.717, 1.165) is 17.7 Å². The van der Waals surface area contributed by atoms with Gasteiger partial charge in [0.25, 0.3) is 0 Å². The van der Waals surface area contributed by atoms with Gasteiger partial charge in [-0.05, 0) is 58.7 Å². The first-order valence-corrected chi connectivity index (χ1v) is 6.91. The topological polar surface area (TPSA) is 58.6 Å². The number of aryl methyl sites for hydroxylation is 1. The van der Waals surface area contributed by atoms with Gasteiger partial charge in [-0.2, -0.15) is 0 Å². The van der Waals surface area contributed by atoms with Crippen LogP contribution in [0, 0.1) is 6.92 Å². The summed E-state index contributed by atoms with van der Waals surface area (Å²) < 4.78 is 6.06. The van der Waals surface area contributed by atoms with Crippen LogP contribution in [-0.4, -0.2) is 28.3 Å². The molecule has 0 bridgehead atoms. The lowest BCUT2D eigenvalue weighted by Crippen LogP contribution is -2.38. The minimum absolute atomic E-state index is 0.153. The molecule has 4 nitrogen and oxygen atoms in total. The van der Waals surface area contributed by atoms with Crippen molar-refractivity contribution in [1.82, 2.24) is 0 Å². The molecular weight excluding hydrogens is 254 g/mol. The molecule has 1 aliphatic heterocycles. The second kappa shape index (κ2) is 4.77. The number of carboxylic acid groups (broad SMARTS) is 1. The number of carboxylic acids is 1. The summed E-state index contributed by atoms with van der Waals surface area (Å²) in [5.41, 5.74) is 1.75. The summed E-state index contributed by atoms with van der Waals surface area (Å²) in [6, 6.07) is 5.31. The SMILES string of the molecule is Cc1ccc(C(=O)O)cc1NC1CC(C)(C)OC1(C)C. The van der Waals surface area contributed by atoms with Crippen LogP contribution in [0.2, 0.25) is 0 Å². The maximum absolute atomic E-state index is 11.1. The van der Waals surface area contributed by atoms with Gasteiger partial charge in [0.05, 0.1) is 22.8 Å².